The third-order valence-electron chi connectivity index (χ3n) is 3.20. The van der Waals surface area contributed by atoms with Crippen LogP contribution < -0.4 is 0 Å². The van der Waals surface area contributed by atoms with Crippen molar-refractivity contribution >= 4 is 22.6 Å². The number of halogens is 1. The predicted octanol–water partition coefficient (Wildman–Crippen LogP) is 4.65. The third-order valence-corrected chi connectivity index (χ3v) is 4.18. The zero-order chi connectivity index (χ0) is 9.97. The first-order chi connectivity index (χ1) is 6.77. The lowest BCUT2D eigenvalue weighted by molar-refractivity contribution is 0.442. The van der Waals surface area contributed by atoms with E-state index in [1.54, 1.807) is 5.56 Å². The summed E-state index contributed by atoms with van der Waals surface area (Å²) in [4.78, 5) is 0. The summed E-state index contributed by atoms with van der Waals surface area (Å²) in [7, 11) is 0. The van der Waals surface area contributed by atoms with Crippen molar-refractivity contribution in [2.45, 2.75) is 44.9 Å². The van der Waals surface area contributed by atoms with Crippen LogP contribution in [-0.2, 0) is 0 Å². The van der Waals surface area contributed by atoms with Gasteiger partial charge in [-0.3, -0.25) is 0 Å². The summed E-state index contributed by atoms with van der Waals surface area (Å²) in [6.07, 6.45) is 7.10. The molecule has 1 aliphatic rings. The van der Waals surface area contributed by atoms with Crippen LogP contribution in [0.1, 0.15) is 49.1 Å². The average Bonchev–Trinajstić information content (AvgIpc) is 2.23. The Hall–Kier alpha value is -0.0500. The molecule has 0 radical (unpaired) electrons. The van der Waals surface area contributed by atoms with Gasteiger partial charge in [-0.1, -0.05) is 37.0 Å². The van der Waals surface area contributed by atoms with Gasteiger partial charge in [0, 0.05) is 3.57 Å². The molecule has 1 aromatic carbocycles. The lowest BCUT2D eigenvalue weighted by Crippen LogP contribution is -2.06. The van der Waals surface area contributed by atoms with Gasteiger partial charge < -0.3 is 0 Å². The van der Waals surface area contributed by atoms with Crippen molar-refractivity contribution in [2.24, 2.45) is 0 Å². The highest BCUT2D eigenvalue weighted by molar-refractivity contribution is 14.1. The van der Waals surface area contributed by atoms with Gasteiger partial charge in [-0.2, -0.15) is 0 Å². The van der Waals surface area contributed by atoms with Gasteiger partial charge in [0.15, 0.2) is 0 Å². The van der Waals surface area contributed by atoms with Crippen LogP contribution >= 0.6 is 22.6 Å². The summed E-state index contributed by atoms with van der Waals surface area (Å²) < 4.78 is 1.46. The third kappa shape index (κ3) is 2.30. The molecule has 0 aliphatic heterocycles. The molecule has 1 aliphatic carbocycles. The minimum absolute atomic E-state index is 0.843. The molecule has 0 aromatic heterocycles. The van der Waals surface area contributed by atoms with E-state index in [1.165, 1.54) is 41.2 Å². The van der Waals surface area contributed by atoms with Crippen molar-refractivity contribution in [1.82, 2.24) is 0 Å². The highest BCUT2D eigenvalue weighted by Crippen LogP contribution is 2.35. The fraction of sp³-hybridized carbons (Fsp3) is 0.538. The molecule has 76 valence electrons. The number of hydrogen-bond acceptors (Lipinski definition) is 0. The van der Waals surface area contributed by atoms with Crippen LogP contribution in [0.4, 0.5) is 0 Å². The molecule has 1 fully saturated rings. The number of benzene rings is 1. The van der Waals surface area contributed by atoms with E-state index in [-0.39, 0.29) is 0 Å². The standard InChI is InChI=1S/C13H17I/c1-10-7-8-13(14)12(9-10)11-5-3-2-4-6-11/h7-9,11H,2-6H2,1H3. The molecule has 0 heterocycles. The van der Waals surface area contributed by atoms with Gasteiger partial charge in [0.25, 0.3) is 0 Å². The smallest absolute Gasteiger partial charge is 0.0165 e. The Morgan fingerprint density at radius 3 is 2.57 bits per heavy atom. The van der Waals surface area contributed by atoms with Crippen LogP contribution in [0.15, 0.2) is 18.2 Å². The van der Waals surface area contributed by atoms with Gasteiger partial charge in [-0.25, -0.2) is 0 Å². The van der Waals surface area contributed by atoms with Gasteiger partial charge in [0.2, 0.25) is 0 Å². The summed E-state index contributed by atoms with van der Waals surface area (Å²) in [5, 5.41) is 0. The maximum absolute atomic E-state index is 2.48. The van der Waals surface area contributed by atoms with Crippen LogP contribution in [0.5, 0.6) is 0 Å². The highest BCUT2D eigenvalue weighted by atomic mass is 127. The fourth-order valence-electron chi connectivity index (χ4n) is 2.39. The number of hydrogen-bond donors (Lipinski definition) is 0. The normalized spacial score (nSPS) is 18.4. The van der Waals surface area contributed by atoms with Crippen molar-refractivity contribution in [1.29, 1.82) is 0 Å². The zero-order valence-corrected chi connectivity index (χ0v) is 10.9. The molecule has 0 N–H and O–H groups in total. The fourth-order valence-corrected chi connectivity index (χ4v) is 3.17. The molecule has 2 rings (SSSR count). The first-order valence-electron chi connectivity index (χ1n) is 5.53. The maximum atomic E-state index is 2.48. The Morgan fingerprint density at radius 1 is 1.14 bits per heavy atom. The first-order valence-corrected chi connectivity index (χ1v) is 6.61. The van der Waals surface area contributed by atoms with Crippen LogP contribution in [-0.4, -0.2) is 0 Å². The van der Waals surface area contributed by atoms with Crippen molar-refractivity contribution in [3.8, 4) is 0 Å². The molecule has 0 bridgehead atoms. The van der Waals surface area contributed by atoms with Gasteiger partial charge in [-0.05, 0) is 59.9 Å². The van der Waals surface area contributed by atoms with E-state index >= 15 is 0 Å². The summed E-state index contributed by atoms with van der Waals surface area (Å²) in [6.45, 7) is 2.20. The van der Waals surface area contributed by atoms with Crippen LogP contribution in [0.3, 0.4) is 0 Å². The van der Waals surface area contributed by atoms with E-state index in [0.717, 1.165) is 5.92 Å². The topological polar surface area (TPSA) is 0 Å². The second-order valence-corrected chi connectivity index (χ2v) is 5.52. The Bertz CT molecular complexity index is 311. The molecular formula is C13H17I. The van der Waals surface area contributed by atoms with Crippen molar-refractivity contribution in [3.63, 3.8) is 0 Å². The maximum Gasteiger partial charge on any atom is 0.0165 e. The summed E-state index contributed by atoms with van der Waals surface area (Å²) >= 11 is 2.48. The molecule has 0 unspecified atom stereocenters. The molecule has 0 nitrogen and oxygen atoms in total. The Kier molecular flexibility index (Phi) is 3.47. The van der Waals surface area contributed by atoms with E-state index < -0.39 is 0 Å². The van der Waals surface area contributed by atoms with Crippen LogP contribution in [0, 0.1) is 10.5 Å². The minimum Gasteiger partial charge on any atom is -0.0583 e. The molecule has 0 amide bonds. The molecule has 1 heteroatoms. The monoisotopic (exact) mass is 300 g/mol. The van der Waals surface area contributed by atoms with Crippen LogP contribution in [0.2, 0.25) is 0 Å². The van der Waals surface area contributed by atoms with E-state index in [9.17, 15) is 0 Å². The summed E-state index contributed by atoms with van der Waals surface area (Å²) in [5.41, 5.74) is 3.01. The highest BCUT2D eigenvalue weighted by Gasteiger charge is 2.17. The largest absolute Gasteiger partial charge is 0.0583 e. The quantitative estimate of drug-likeness (QED) is 0.662. The van der Waals surface area contributed by atoms with E-state index in [2.05, 4.69) is 47.7 Å². The second kappa shape index (κ2) is 4.65. The second-order valence-electron chi connectivity index (χ2n) is 4.36. The number of rotatable bonds is 1. The molecule has 1 saturated carbocycles. The summed E-state index contributed by atoms with van der Waals surface area (Å²) in [5.74, 6) is 0.843. The van der Waals surface area contributed by atoms with Crippen molar-refractivity contribution in [2.75, 3.05) is 0 Å². The Labute approximate surface area is 100 Å². The Morgan fingerprint density at radius 2 is 1.86 bits per heavy atom. The molecular weight excluding hydrogens is 283 g/mol. The molecule has 0 spiro atoms. The Balaban J connectivity index is 2.24. The van der Waals surface area contributed by atoms with Crippen molar-refractivity contribution < 1.29 is 0 Å². The minimum atomic E-state index is 0.843. The van der Waals surface area contributed by atoms with Gasteiger partial charge in [0.1, 0.15) is 0 Å². The van der Waals surface area contributed by atoms with E-state index in [1.807, 2.05) is 0 Å². The SMILES string of the molecule is Cc1ccc(I)c(C2CCCCC2)c1. The molecule has 0 saturated heterocycles. The number of aryl methyl sites for hydroxylation is 1. The molecule has 14 heavy (non-hydrogen) atoms. The zero-order valence-electron chi connectivity index (χ0n) is 8.72. The predicted molar refractivity (Wildman–Crippen MR) is 69.7 cm³/mol. The molecule has 0 atom stereocenters. The van der Waals surface area contributed by atoms with Gasteiger partial charge >= 0.3 is 0 Å². The van der Waals surface area contributed by atoms with Crippen LogP contribution in [0.25, 0.3) is 0 Å². The van der Waals surface area contributed by atoms with E-state index in [4.69, 9.17) is 0 Å². The lowest BCUT2D eigenvalue weighted by Gasteiger charge is -2.23. The van der Waals surface area contributed by atoms with Gasteiger partial charge in [-0.15, -0.1) is 0 Å². The molecule has 1 aromatic rings. The lowest BCUT2D eigenvalue weighted by atomic mass is 9.84. The van der Waals surface area contributed by atoms with Crippen molar-refractivity contribution in [3.05, 3.63) is 32.9 Å². The van der Waals surface area contributed by atoms with Gasteiger partial charge in [0.05, 0.1) is 0 Å². The van der Waals surface area contributed by atoms with E-state index in [0.29, 0.717) is 0 Å². The average molecular weight is 300 g/mol. The first kappa shape index (κ1) is 10.5. The summed E-state index contributed by atoms with van der Waals surface area (Å²) in [6, 6.07) is 6.87.